The minimum absolute atomic E-state index is 0.172. The quantitative estimate of drug-likeness (QED) is 0.373. The van der Waals surface area contributed by atoms with Crippen LogP contribution in [0, 0.1) is 0 Å². The number of hydrogen-bond acceptors (Lipinski definition) is 1. The van der Waals surface area contributed by atoms with Gasteiger partial charge in [-0.3, -0.25) is 0 Å². The van der Waals surface area contributed by atoms with Crippen molar-refractivity contribution in [2.24, 2.45) is 0 Å². The second kappa shape index (κ2) is 6.97. The van der Waals surface area contributed by atoms with E-state index in [2.05, 4.69) is 32.9 Å². The van der Waals surface area contributed by atoms with Crippen LogP contribution in [0.4, 0.5) is 0 Å². The highest BCUT2D eigenvalue weighted by atomic mass is 31.1. The molecule has 12 heavy (non-hydrogen) atoms. The van der Waals surface area contributed by atoms with Gasteiger partial charge in [-0.25, -0.2) is 0 Å². The van der Waals surface area contributed by atoms with Crippen LogP contribution in [-0.2, 0) is 0 Å². The molecule has 4 heteroatoms. The zero-order valence-corrected chi connectivity index (χ0v) is 9.57. The van der Waals surface area contributed by atoms with Gasteiger partial charge in [0.15, 0.2) is 0 Å². The van der Waals surface area contributed by atoms with Crippen LogP contribution in [0.3, 0.4) is 0 Å². The van der Waals surface area contributed by atoms with Gasteiger partial charge in [0.25, 0.3) is 0 Å². The van der Waals surface area contributed by atoms with E-state index in [4.69, 9.17) is 7.74 Å². The van der Waals surface area contributed by atoms with Gasteiger partial charge in [0.05, 0.1) is 0 Å². The summed E-state index contributed by atoms with van der Waals surface area (Å²) >= 11 is 0. The Kier molecular flexibility index (Phi) is 7.28. The molecule has 0 atom stereocenters. The van der Waals surface area contributed by atoms with Crippen molar-refractivity contribution in [3.63, 3.8) is 0 Å². The fourth-order valence-corrected chi connectivity index (χ4v) is 4.00. The highest BCUT2D eigenvalue weighted by molar-refractivity contribution is 7.59. The molecule has 0 saturated carbocycles. The van der Waals surface area contributed by atoms with Gasteiger partial charge in [-0.15, -0.1) is 7.92 Å². The molecule has 0 aromatic heterocycles. The summed E-state index contributed by atoms with van der Waals surface area (Å²) in [5.74, 6) is 0. The van der Waals surface area contributed by atoms with Crippen molar-refractivity contribution in [2.75, 3.05) is 12.7 Å². The van der Waals surface area contributed by atoms with Crippen molar-refractivity contribution in [2.45, 2.75) is 39.0 Å². The maximum absolute atomic E-state index is 5.24. The highest BCUT2D eigenvalue weighted by Gasteiger charge is 2.15. The van der Waals surface area contributed by atoms with Crippen LogP contribution in [0.2, 0.25) is 0 Å². The van der Waals surface area contributed by atoms with Crippen molar-refractivity contribution in [1.29, 1.82) is 0 Å². The molecular weight excluding hydrogens is 163 g/mol. The lowest BCUT2D eigenvalue weighted by atomic mass is 9.67. The number of rotatable bonds is 6. The first-order chi connectivity index (χ1) is 5.59. The Labute approximate surface area is 80.5 Å². The second-order valence-electron chi connectivity index (χ2n) is 3.55. The minimum Gasteiger partial charge on any atom is -0.369 e. The monoisotopic (exact) mass is 182 g/mol. The summed E-state index contributed by atoms with van der Waals surface area (Å²) in [5, 5.41) is 3.06. The van der Waals surface area contributed by atoms with Crippen LogP contribution in [0.15, 0.2) is 0 Å². The Morgan fingerprint density at radius 1 is 1.25 bits per heavy atom. The third-order valence-electron chi connectivity index (χ3n) is 1.96. The summed E-state index contributed by atoms with van der Waals surface area (Å²) in [7, 11) is 6.95. The first-order valence-corrected chi connectivity index (χ1v) is 6.28. The molecule has 0 saturated heterocycles. The maximum atomic E-state index is 5.24. The van der Waals surface area contributed by atoms with E-state index in [1.807, 2.05) is 0 Å². The molecule has 0 aromatic rings. The van der Waals surface area contributed by atoms with E-state index in [1.54, 1.807) is 0 Å². The van der Waals surface area contributed by atoms with Gasteiger partial charge in [-0.05, 0) is 24.0 Å². The van der Waals surface area contributed by atoms with Crippen LogP contribution >= 0.6 is 7.92 Å². The normalized spacial score (nSPS) is 11.6. The lowest BCUT2D eigenvalue weighted by molar-refractivity contribution is 0.956. The van der Waals surface area contributed by atoms with E-state index in [0.29, 0.717) is 0 Å². The van der Waals surface area contributed by atoms with E-state index in [9.17, 15) is 0 Å². The Hall–Kier alpha value is 0.520. The lowest BCUT2D eigenvalue weighted by Crippen LogP contribution is -2.24. The van der Waals surface area contributed by atoms with Crippen molar-refractivity contribution in [1.82, 2.24) is 5.23 Å². The third-order valence-corrected chi connectivity index (χ3v) is 5.35. The molecule has 0 rings (SSSR count). The second-order valence-corrected chi connectivity index (χ2v) is 7.09. The molecule has 0 heterocycles. The molecular formula is C8H19B2NP. The summed E-state index contributed by atoms with van der Waals surface area (Å²) < 4.78 is 0. The van der Waals surface area contributed by atoms with Gasteiger partial charge in [-0.1, -0.05) is 27.7 Å². The van der Waals surface area contributed by atoms with E-state index >= 15 is 0 Å². The fraction of sp³-hybridized carbons (Fsp3) is 1.00. The third kappa shape index (κ3) is 5.22. The SMILES string of the molecule is [B][B]NCCP(C(C)C)C(C)C. The predicted molar refractivity (Wildman–Crippen MR) is 61.6 cm³/mol. The van der Waals surface area contributed by atoms with Gasteiger partial charge >= 0.3 is 0 Å². The van der Waals surface area contributed by atoms with Crippen LogP contribution in [0.25, 0.3) is 0 Å². The molecule has 0 aliphatic rings. The first kappa shape index (κ1) is 12.5. The van der Waals surface area contributed by atoms with Crippen molar-refractivity contribution >= 4 is 23.0 Å². The molecule has 1 nitrogen and oxygen atoms in total. The minimum atomic E-state index is 0.172. The van der Waals surface area contributed by atoms with Gasteiger partial charge in [0, 0.05) is 7.74 Å². The Morgan fingerprint density at radius 3 is 2.08 bits per heavy atom. The molecule has 0 aliphatic carbocycles. The molecule has 0 unspecified atom stereocenters. The van der Waals surface area contributed by atoms with Crippen LogP contribution in [0.1, 0.15) is 27.7 Å². The van der Waals surface area contributed by atoms with E-state index in [0.717, 1.165) is 17.9 Å². The molecule has 0 fully saturated rings. The lowest BCUT2D eigenvalue weighted by Gasteiger charge is -2.25. The molecule has 0 aromatic carbocycles. The predicted octanol–water partition coefficient (Wildman–Crippen LogP) is 1.58. The van der Waals surface area contributed by atoms with Gasteiger partial charge in [0.1, 0.15) is 7.31 Å². The van der Waals surface area contributed by atoms with Gasteiger partial charge < -0.3 is 5.23 Å². The van der Waals surface area contributed by atoms with Gasteiger partial charge in [0.2, 0.25) is 0 Å². The summed E-state index contributed by atoms with van der Waals surface area (Å²) in [6.45, 7) is 10.3. The molecule has 67 valence electrons. The maximum Gasteiger partial charge on any atom is 0.144 e. The van der Waals surface area contributed by atoms with Crippen LogP contribution < -0.4 is 5.23 Å². The standard InChI is InChI=1S/C8H19B2NP/c1-7(2)12(8(3)4)6-5-11-10-9/h7-8,11H,5-6H2,1-4H3. The molecule has 0 spiro atoms. The van der Waals surface area contributed by atoms with E-state index < -0.39 is 0 Å². The highest BCUT2D eigenvalue weighted by Crippen LogP contribution is 2.44. The van der Waals surface area contributed by atoms with Crippen molar-refractivity contribution < 1.29 is 0 Å². The zero-order valence-electron chi connectivity index (χ0n) is 8.67. The van der Waals surface area contributed by atoms with Crippen molar-refractivity contribution in [3.8, 4) is 0 Å². The average Bonchev–Trinajstić information content (AvgIpc) is 1.96. The smallest absolute Gasteiger partial charge is 0.144 e. The molecule has 3 radical (unpaired) electrons. The molecule has 0 bridgehead atoms. The first-order valence-electron chi connectivity index (χ1n) is 4.62. The van der Waals surface area contributed by atoms with Crippen LogP contribution in [0.5, 0.6) is 0 Å². The Morgan fingerprint density at radius 2 is 1.75 bits per heavy atom. The topological polar surface area (TPSA) is 12.0 Å². The number of nitrogens with one attached hydrogen (secondary N) is 1. The van der Waals surface area contributed by atoms with E-state index in [1.165, 1.54) is 13.5 Å². The average molecular weight is 182 g/mol. The van der Waals surface area contributed by atoms with Crippen molar-refractivity contribution in [3.05, 3.63) is 0 Å². The zero-order chi connectivity index (χ0) is 9.56. The summed E-state index contributed by atoms with van der Waals surface area (Å²) in [6.07, 6.45) is 1.28. The Bertz CT molecular complexity index is 101. The summed E-state index contributed by atoms with van der Waals surface area (Å²) in [6, 6.07) is 0. The number of hydrogen-bond donors (Lipinski definition) is 1. The summed E-state index contributed by atoms with van der Waals surface area (Å²) in [4.78, 5) is 0. The summed E-state index contributed by atoms with van der Waals surface area (Å²) in [5.41, 5.74) is 1.67. The Balaban J connectivity index is 3.64. The molecule has 1 N–H and O–H groups in total. The van der Waals surface area contributed by atoms with Crippen LogP contribution in [-0.4, -0.2) is 39.1 Å². The molecule has 0 aliphatic heterocycles. The largest absolute Gasteiger partial charge is 0.369 e. The van der Waals surface area contributed by atoms with Gasteiger partial charge in [-0.2, -0.15) is 0 Å². The fourth-order valence-electron chi connectivity index (χ4n) is 1.39. The van der Waals surface area contributed by atoms with E-state index in [-0.39, 0.29) is 7.92 Å². The molecule has 0 amide bonds.